The summed E-state index contributed by atoms with van der Waals surface area (Å²) in [7, 11) is 0. The fourth-order valence-corrected chi connectivity index (χ4v) is 6.33. The Hall–Kier alpha value is -1.33. The van der Waals surface area contributed by atoms with Gasteiger partial charge in [-0.1, -0.05) is 24.5 Å². The molecule has 122 valence electrons. The van der Waals surface area contributed by atoms with Gasteiger partial charge in [-0.05, 0) is 74.3 Å². The van der Waals surface area contributed by atoms with Gasteiger partial charge in [-0.25, -0.2) is 0 Å². The fourth-order valence-electron chi connectivity index (χ4n) is 6.33. The molecule has 0 bridgehead atoms. The Morgan fingerprint density at radius 3 is 2.78 bits per heavy atom. The van der Waals surface area contributed by atoms with Crippen LogP contribution in [0.1, 0.15) is 52.4 Å². The van der Waals surface area contributed by atoms with E-state index >= 15 is 0 Å². The molecule has 0 aromatic heterocycles. The van der Waals surface area contributed by atoms with Gasteiger partial charge < -0.3 is 5.11 Å². The second kappa shape index (κ2) is 4.84. The first-order valence-corrected chi connectivity index (χ1v) is 9.02. The summed E-state index contributed by atoms with van der Waals surface area (Å²) < 4.78 is 0. The Morgan fingerprint density at radius 1 is 1.26 bits per heavy atom. The summed E-state index contributed by atoms with van der Waals surface area (Å²) in [4.78, 5) is 11.8. The standard InChI is InChI=1S/C21H26O2/c1-4-21(23)10-8-18-19-13(2)11-14-12-15(22)5-6-16(14)17(19)7-9-20(18,21)3/h1,11-12,16-19,23H,5-10H2,2-3H3/t16-,17-,18+,19+,20-,21?/m0/s1. The van der Waals surface area contributed by atoms with Crippen molar-refractivity contribution < 1.29 is 9.90 Å². The molecule has 0 saturated heterocycles. The number of carbonyl (C=O) groups is 1. The van der Waals surface area contributed by atoms with Gasteiger partial charge in [-0.2, -0.15) is 0 Å². The zero-order valence-corrected chi connectivity index (χ0v) is 14.1. The average Bonchev–Trinajstić information content (AvgIpc) is 2.79. The van der Waals surface area contributed by atoms with E-state index in [0.717, 1.165) is 32.1 Å². The lowest BCUT2D eigenvalue weighted by Gasteiger charge is -2.54. The van der Waals surface area contributed by atoms with E-state index in [0.29, 0.717) is 30.1 Å². The molecule has 1 unspecified atom stereocenters. The maximum Gasteiger partial charge on any atom is 0.155 e. The molecule has 2 nitrogen and oxygen atoms in total. The number of fused-ring (bicyclic) bond motifs is 5. The highest BCUT2D eigenvalue weighted by Gasteiger charge is 2.62. The van der Waals surface area contributed by atoms with Crippen LogP contribution in [0, 0.1) is 41.4 Å². The molecule has 4 aliphatic rings. The van der Waals surface area contributed by atoms with Gasteiger partial charge in [-0.3, -0.25) is 4.79 Å². The molecule has 0 amide bonds. The van der Waals surface area contributed by atoms with E-state index in [1.807, 2.05) is 6.08 Å². The highest BCUT2D eigenvalue weighted by atomic mass is 16.3. The van der Waals surface area contributed by atoms with Gasteiger partial charge in [0.15, 0.2) is 5.78 Å². The lowest BCUT2D eigenvalue weighted by Crippen LogP contribution is -2.52. The highest BCUT2D eigenvalue weighted by Crippen LogP contribution is 2.64. The van der Waals surface area contributed by atoms with Crippen LogP contribution in [0.2, 0.25) is 0 Å². The van der Waals surface area contributed by atoms with Gasteiger partial charge in [0.2, 0.25) is 0 Å². The van der Waals surface area contributed by atoms with Crippen LogP contribution in [0.3, 0.4) is 0 Å². The third-order valence-electron chi connectivity index (χ3n) is 7.61. The smallest absolute Gasteiger partial charge is 0.155 e. The van der Waals surface area contributed by atoms with Gasteiger partial charge in [0.25, 0.3) is 0 Å². The minimum absolute atomic E-state index is 0.163. The first kappa shape index (κ1) is 15.2. The quantitative estimate of drug-likeness (QED) is 0.693. The van der Waals surface area contributed by atoms with E-state index in [1.54, 1.807) is 0 Å². The molecular weight excluding hydrogens is 284 g/mol. The van der Waals surface area contributed by atoms with Crippen LogP contribution < -0.4 is 0 Å². The van der Waals surface area contributed by atoms with Crippen molar-refractivity contribution in [1.29, 1.82) is 0 Å². The zero-order chi connectivity index (χ0) is 16.4. The summed E-state index contributed by atoms with van der Waals surface area (Å²) >= 11 is 0. The van der Waals surface area contributed by atoms with Gasteiger partial charge in [0.1, 0.15) is 5.60 Å². The summed E-state index contributed by atoms with van der Waals surface area (Å²) in [6.07, 6.45) is 15.4. The van der Waals surface area contributed by atoms with E-state index in [9.17, 15) is 9.90 Å². The number of allylic oxidation sites excluding steroid dienone is 4. The Kier molecular flexibility index (Phi) is 3.20. The van der Waals surface area contributed by atoms with Gasteiger partial charge in [-0.15, -0.1) is 6.42 Å². The molecule has 0 radical (unpaired) electrons. The molecule has 2 heteroatoms. The predicted molar refractivity (Wildman–Crippen MR) is 90.4 cm³/mol. The van der Waals surface area contributed by atoms with Crippen molar-refractivity contribution in [3.8, 4) is 12.3 Å². The number of aliphatic hydroxyl groups is 1. The third-order valence-corrected chi connectivity index (χ3v) is 7.61. The minimum Gasteiger partial charge on any atom is -0.377 e. The van der Waals surface area contributed by atoms with Crippen molar-refractivity contribution >= 4 is 5.78 Å². The average molecular weight is 310 g/mol. The number of hydrogen-bond donors (Lipinski definition) is 1. The second-order valence-corrected chi connectivity index (χ2v) is 8.44. The SMILES string of the molecule is C#CC1(O)CC[C@@H]2[C@@H]3C(C)=CC4=CC(=O)CC[C@@H]4[C@@H]3CC[C@@]21C. The van der Waals surface area contributed by atoms with Crippen LogP contribution in [0.4, 0.5) is 0 Å². The van der Waals surface area contributed by atoms with Gasteiger partial charge in [0.05, 0.1) is 0 Å². The first-order chi connectivity index (χ1) is 10.9. The monoisotopic (exact) mass is 310 g/mol. The molecule has 0 heterocycles. The van der Waals surface area contributed by atoms with Crippen LogP contribution in [-0.2, 0) is 4.79 Å². The van der Waals surface area contributed by atoms with Crippen LogP contribution in [0.15, 0.2) is 23.3 Å². The van der Waals surface area contributed by atoms with Gasteiger partial charge >= 0.3 is 0 Å². The molecule has 2 saturated carbocycles. The molecule has 23 heavy (non-hydrogen) atoms. The molecule has 4 aliphatic carbocycles. The van der Waals surface area contributed by atoms with E-state index < -0.39 is 5.60 Å². The molecular formula is C21H26O2. The number of rotatable bonds is 0. The summed E-state index contributed by atoms with van der Waals surface area (Å²) in [5.74, 6) is 5.16. The summed E-state index contributed by atoms with van der Waals surface area (Å²) in [5.41, 5.74) is 1.55. The van der Waals surface area contributed by atoms with Crippen molar-refractivity contribution in [2.45, 2.75) is 58.0 Å². The van der Waals surface area contributed by atoms with Crippen LogP contribution >= 0.6 is 0 Å². The number of carbonyl (C=O) groups excluding carboxylic acids is 1. The van der Waals surface area contributed by atoms with Crippen molar-refractivity contribution in [2.24, 2.45) is 29.1 Å². The number of terminal acetylenes is 1. The third kappa shape index (κ3) is 1.89. The lowest BCUT2D eigenvalue weighted by molar-refractivity contribution is -0.115. The lowest BCUT2D eigenvalue weighted by atomic mass is 9.50. The molecule has 2 fully saturated rings. The van der Waals surface area contributed by atoms with Crippen LogP contribution in [-0.4, -0.2) is 16.5 Å². The van der Waals surface area contributed by atoms with Gasteiger partial charge in [0, 0.05) is 11.8 Å². The van der Waals surface area contributed by atoms with Crippen molar-refractivity contribution in [3.63, 3.8) is 0 Å². The number of ketones is 1. The fraction of sp³-hybridized carbons (Fsp3) is 0.667. The second-order valence-electron chi connectivity index (χ2n) is 8.44. The summed E-state index contributed by atoms with van der Waals surface area (Å²) in [6.45, 7) is 4.43. The van der Waals surface area contributed by atoms with Crippen LogP contribution in [0.25, 0.3) is 0 Å². The van der Waals surface area contributed by atoms with Crippen molar-refractivity contribution in [3.05, 3.63) is 23.3 Å². The Morgan fingerprint density at radius 2 is 2.04 bits per heavy atom. The maximum absolute atomic E-state index is 11.8. The largest absolute Gasteiger partial charge is 0.377 e. The molecule has 0 aliphatic heterocycles. The predicted octanol–water partition coefficient (Wildman–Crippen LogP) is 3.66. The summed E-state index contributed by atoms with van der Waals surface area (Å²) in [6, 6.07) is 0. The van der Waals surface area contributed by atoms with Crippen molar-refractivity contribution in [2.75, 3.05) is 0 Å². The van der Waals surface area contributed by atoms with E-state index in [4.69, 9.17) is 6.42 Å². The molecule has 6 atom stereocenters. The Balaban J connectivity index is 1.76. The Bertz CT molecular complexity index is 664. The van der Waals surface area contributed by atoms with E-state index in [-0.39, 0.29) is 11.2 Å². The molecule has 1 N–H and O–H groups in total. The molecule has 0 aromatic carbocycles. The zero-order valence-electron chi connectivity index (χ0n) is 14.1. The normalized spacial score (nSPS) is 48.5. The van der Waals surface area contributed by atoms with E-state index in [1.165, 1.54) is 11.1 Å². The molecule has 0 aromatic rings. The first-order valence-electron chi connectivity index (χ1n) is 9.02. The van der Waals surface area contributed by atoms with E-state index in [2.05, 4.69) is 25.8 Å². The number of hydrogen-bond acceptors (Lipinski definition) is 2. The minimum atomic E-state index is -0.943. The summed E-state index contributed by atoms with van der Waals surface area (Å²) in [5, 5.41) is 11.0. The maximum atomic E-state index is 11.8. The Labute approximate surface area is 139 Å². The van der Waals surface area contributed by atoms with Crippen molar-refractivity contribution in [1.82, 2.24) is 0 Å². The topological polar surface area (TPSA) is 37.3 Å². The highest BCUT2D eigenvalue weighted by molar-refractivity contribution is 5.92. The molecule has 0 spiro atoms. The van der Waals surface area contributed by atoms with Crippen LogP contribution in [0.5, 0.6) is 0 Å². The molecule has 4 rings (SSSR count).